The average Bonchev–Trinajstić information content (AvgIpc) is 3.04. The van der Waals surface area contributed by atoms with Gasteiger partial charge in [-0.2, -0.15) is 13.2 Å². The molecule has 110 valence electrons. The number of likely N-dealkylation sites (tertiary alicyclic amines) is 1. The van der Waals surface area contributed by atoms with Crippen molar-refractivity contribution >= 4 is 11.8 Å². The van der Waals surface area contributed by atoms with Gasteiger partial charge >= 0.3 is 12.1 Å². The highest BCUT2D eigenvalue weighted by molar-refractivity contribution is 5.90. The largest absolute Gasteiger partial charge is 0.471 e. The number of alkyl halides is 3. The van der Waals surface area contributed by atoms with Crippen LogP contribution in [0.1, 0.15) is 18.6 Å². The van der Waals surface area contributed by atoms with Crippen LogP contribution in [0.4, 0.5) is 13.2 Å². The van der Waals surface area contributed by atoms with Crippen LogP contribution in [0.25, 0.3) is 0 Å². The third-order valence-electron chi connectivity index (χ3n) is 3.08. The first-order valence-corrected chi connectivity index (χ1v) is 6.07. The molecule has 20 heavy (non-hydrogen) atoms. The van der Waals surface area contributed by atoms with Crippen LogP contribution in [0.2, 0.25) is 0 Å². The lowest BCUT2D eigenvalue weighted by atomic mass is 10.2. The van der Waals surface area contributed by atoms with Gasteiger partial charge in [-0.3, -0.25) is 9.59 Å². The standard InChI is InChI=1S/C12H13F3N2O3/c13-12(14,15)11(19)17-5-1-4-9(17)10(18)16-7-8-3-2-6-20-8/h2-3,6,9H,1,4-5,7H2,(H,16,18). The monoisotopic (exact) mass is 290 g/mol. The van der Waals surface area contributed by atoms with E-state index in [0.29, 0.717) is 17.1 Å². The van der Waals surface area contributed by atoms with E-state index in [-0.39, 0.29) is 19.5 Å². The molecule has 1 aromatic rings. The van der Waals surface area contributed by atoms with Gasteiger partial charge in [0.25, 0.3) is 0 Å². The van der Waals surface area contributed by atoms with Crippen LogP contribution in [0.3, 0.4) is 0 Å². The van der Waals surface area contributed by atoms with E-state index in [0.717, 1.165) is 0 Å². The Morgan fingerprint density at radius 2 is 2.20 bits per heavy atom. The number of hydrogen-bond donors (Lipinski definition) is 1. The van der Waals surface area contributed by atoms with E-state index in [1.165, 1.54) is 6.26 Å². The van der Waals surface area contributed by atoms with E-state index in [1.54, 1.807) is 12.1 Å². The van der Waals surface area contributed by atoms with Gasteiger partial charge in [0.05, 0.1) is 12.8 Å². The zero-order valence-corrected chi connectivity index (χ0v) is 10.4. The molecule has 1 aromatic heterocycles. The number of nitrogens with one attached hydrogen (secondary N) is 1. The number of furan rings is 1. The molecule has 1 aliphatic rings. The second-order valence-electron chi connectivity index (χ2n) is 4.45. The van der Waals surface area contributed by atoms with E-state index in [4.69, 9.17) is 4.42 Å². The maximum atomic E-state index is 12.4. The summed E-state index contributed by atoms with van der Waals surface area (Å²) < 4.78 is 42.2. The number of amides is 2. The van der Waals surface area contributed by atoms with Gasteiger partial charge in [-0.15, -0.1) is 0 Å². The van der Waals surface area contributed by atoms with E-state index in [2.05, 4.69) is 5.32 Å². The molecule has 2 heterocycles. The lowest BCUT2D eigenvalue weighted by Crippen LogP contribution is -2.50. The molecule has 0 aromatic carbocycles. The molecule has 1 unspecified atom stereocenters. The predicted molar refractivity (Wildman–Crippen MR) is 61.3 cm³/mol. The summed E-state index contributed by atoms with van der Waals surface area (Å²) in [5.74, 6) is -2.07. The molecule has 2 rings (SSSR count). The minimum absolute atomic E-state index is 0.0584. The Labute approximate surface area is 112 Å². The quantitative estimate of drug-likeness (QED) is 0.916. The summed E-state index contributed by atoms with van der Waals surface area (Å²) in [6.07, 6.45) is -2.92. The summed E-state index contributed by atoms with van der Waals surface area (Å²) in [5, 5.41) is 2.47. The third-order valence-corrected chi connectivity index (χ3v) is 3.08. The van der Waals surface area contributed by atoms with Crippen molar-refractivity contribution in [1.82, 2.24) is 10.2 Å². The average molecular weight is 290 g/mol. The number of rotatable bonds is 3. The molecule has 0 spiro atoms. The Morgan fingerprint density at radius 3 is 2.80 bits per heavy atom. The molecule has 0 saturated carbocycles. The van der Waals surface area contributed by atoms with Gasteiger partial charge in [0.15, 0.2) is 0 Å². The number of hydrogen-bond acceptors (Lipinski definition) is 3. The van der Waals surface area contributed by atoms with Crippen molar-refractivity contribution < 1.29 is 27.2 Å². The van der Waals surface area contributed by atoms with Crippen molar-refractivity contribution in [2.24, 2.45) is 0 Å². The Morgan fingerprint density at radius 1 is 1.45 bits per heavy atom. The first-order chi connectivity index (χ1) is 9.39. The second-order valence-corrected chi connectivity index (χ2v) is 4.45. The van der Waals surface area contributed by atoms with Gasteiger partial charge in [-0.05, 0) is 25.0 Å². The molecule has 5 nitrogen and oxygen atoms in total. The molecule has 1 fully saturated rings. The first kappa shape index (κ1) is 14.4. The fourth-order valence-electron chi connectivity index (χ4n) is 2.15. The fraction of sp³-hybridized carbons (Fsp3) is 0.500. The van der Waals surface area contributed by atoms with E-state index in [9.17, 15) is 22.8 Å². The Kier molecular flexibility index (Phi) is 4.01. The first-order valence-electron chi connectivity index (χ1n) is 6.07. The highest BCUT2D eigenvalue weighted by Gasteiger charge is 2.47. The lowest BCUT2D eigenvalue weighted by Gasteiger charge is -2.24. The van der Waals surface area contributed by atoms with Crippen molar-refractivity contribution in [1.29, 1.82) is 0 Å². The number of halogens is 3. The van der Waals surface area contributed by atoms with Crippen LogP contribution in [-0.4, -0.2) is 35.5 Å². The summed E-state index contributed by atoms with van der Waals surface area (Å²) in [7, 11) is 0. The van der Waals surface area contributed by atoms with Crippen molar-refractivity contribution in [2.75, 3.05) is 6.54 Å². The molecule has 0 bridgehead atoms. The van der Waals surface area contributed by atoms with Crippen LogP contribution < -0.4 is 5.32 Å². The normalized spacial score (nSPS) is 19.1. The van der Waals surface area contributed by atoms with Gasteiger partial charge in [0, 0.05) is 6.54 Å². The fourth-order valence-corrected chi connectivity index (χ4v) is 2.15. The Bertz CT molecular complexity index is 485. The molecule has 1 N–H and O–H groups in total. The number of carbonyl (C=O) groups is 2. The minimum atomic E-state index is -4.95. The highest BCUT2D eigenvalue weighted by atomic mass is 19.4. The summed E-state index contributed by atoms with van der Waals surface area (Å²) in [6, 6.07) is 2.20. The molecule has 1 atom stereocenters. The minimum Gasteiger partial charge on any atom is -0.467 e. The van der Waals surface area contributed by atoms with E-state index < -0.39 is 24.0 Å². The van der Waals surface area contributed by atoms with Crippen molar-refractivity contribution in [3.63, 3.8) is 0 Å². The number of carbonyl (C=O) groups excluding carboxylic acids is 2. The Balaban J connectivity index is 1.96. The third kappa shape index (κ3) is 3.12. The zero-order valence-electron chi connectivity index (χ0n) is 10.4. The van der Waals surface area contributed by atoms with Crippen molar-refractivity contribution in [3.8, 4) is 0 Å². The zero-order chi connectivity index (χ0) is 14.8. The van der Waals surface area contributed by atoms with Crippen LogP contribution >= 0.6 is 0 Å². The SMILES string of the molecule is O=C(NCc1ccco1)C1CCCN1C(=O)C(F)(F)F. The van der Waals surface area contributed by atoms with Gasteiger partial charge in [-0.1, -0.05) is 0 Å². The van der Waals surface area contributed by atoms with Gasteiger partial charge in [0.1, 0.15) is 11.8 Å². The molecular weight excluding hydrogens is 277 g/mol. The predicted octanol–water partition coefficient (Wildman–Crippen LogP) is 1.45. The van der Waals surface area contributed by atoms with Gasteiger partial charge in [-0.25, -0.2) is 0 Å². The van der Waals surface area contributed by atoms with Crippen LogP contribution in [-0.2, 0) is 16.1 Å². The molecule has 0 radical (unpaired) electrons. The molecular formula is C12H13F3N2O3. The summed E-state index contributed by atoms with van der Waals surface area (Å²) >= 11 is 0. The molecule has 2 amide bonds. The van der Waals surface area contributed by atoms with Crippen LogP contribution in [0.5, 0.6) is 0 Å². The molecule has 0 aliphatic carbocycles. The lowest BCUT2D eigenvalue weighted by molar-refractivity contribution is -0.186. The topological polar surface area (TPSA) is 62.6 Å². The van der Waals surface area contributed by atoms with Crippen molar-refractivity contribution in [2.45, 2.75) is 31.6 Å². The second kappa shape index (κ2) is 5.56. The maximum absolute atomic E-state index is 12.4. The van der Waals surface area contributed by atoms with Crippen LogP contribution in [0, 0.1) is 0 Å². The van der Waals surface area contributed by atoms with Crippen molar-refractivity contribution in [3.05, 3.63) is 24.2 Å². The van der Waals surface area contributed by atoms with Crippen LogP contribution in [0.15, 0.2) is 22.8 Å². The summed E-state index contributed by atoms with van der Waals surface area (Å²) in [5.41, 5.74) is 0. The molecule has 1 saturated heterocycles. The van der Waals surface area contributed by atoms with E-state index in [1.807, 2.05) is 0 Å². The summed E-state index contributed by atoms with van der Waals surface area (Å²) in [4.78, 5) is 23.7. The van der Waals surface area contributed by atoms with E-state index >= 15 is 0 Å². The summed E-state index contributed by atoms with van der Waals surface area (Å²) in [6.45, 7) is 0.0214. The van der Waals surface area contributed by atoms with Gasteiger partial charge in [0.2, 0.25) is 5.91 Å². The number of nitrogens with zero attached hydrogens (tertiary/aromatic N) is 1. The van der Waals surface area contributed by atoms with Gasteiger partial charge < -0.3 is 14.6 Å². The molecule has 8 heteroatoms. The highest BCUT2D eigenvalue weighted by Crippen LogP contribution is 2.25. The Hall–Kier alpha value is -1.99. The molecule has 1 aliphatic heterocycles. The maximum Gasteiger partial charge on any atom is 0.471 e. The smallest absolute Gasteiger partial charge is 0.467 e.